The van der Waals surface area contributed by atoms with Gasteiger partial charge in [0.05, 0.1) is 22.3 Å². The summed E-state index contributed by atoms with van der Waals surface area (Å²) >= 11 is 1.22. The van der Waals surface area contributed by atoms with Gasteiger partial charge in [-0.05, 0) is 63.0 Å². The minimum absolute atomic E-state index is 0.0265. The maximum atomic E-state index is 13.7. The maximum Gasteiger partial charge on any atom is 0.243 e. The number of aromatic nitrogens is 1. The van der Waals surface area contributed by atoms with Crippen LogP contribution in [-0.4, -0.2) is 77.6 Å². The highest BCUT2D eigenvalue weighted by molar-refractivity contribution is 7.20. The number of nitrogens with two attached hydrogens (primary N) is 3. The van der Waals surface area contributed by atoms with Gasteiger partial charge in [-0.2, -0.15) is 0 Å². The number of carbonyl (C=O) groups excluding carboxylic acids is 5. The number of nitrogens with one attached hydrogen (secondary N) is 4. The smallest absolute Gasteiger partial charge is 0.243 e. The quantitative estimate of drug-likeness (QED) is 0.0822. The third-order valence-corrected chi connectivity index (χ3v) is 8.37. The minimum Gasteiger partial charge on any atom is -0.370 e. The number of aliphatic imine (C=N–C) groups is 1. The number of fused-ring (bicyclic) bond motifs is 1. The van der Waals surface area contributed by atoms with Gasteiger partial charge in [0.1, 0.15) is 12.1 Å². The number of nitrogens with zero attached hydrogens (tertiary/aromatic N) is 2. The molecule has 0 radical (unpaired) electrons. The van der Waals surface area contributed by atoms with Crippen molar-refractivity contribution in [2.24, 2.45) is 28.1 Å². The molecule has 1 unspecified atom stereocenters. The lowest BCUT2D eigenvalue weighted by atomic mass is 10.0. The van der Waals surface area contributed by atoms with E-state index >= 15 is 0 Å². The van der Waals surface area contributed by atoms with E-state index in [9.17, 15) is 24.0 Å². The van der Waals surface area contributed by atoms with Gasteiger partial charge >= 0.3 is 0 Å². The Morgan fingerprint density at radius 1 is 1.09 bits per heavy atom. The number of para-hydroxylation sites is 1. The van der Waals surface area contributed by atoms with Crippen LogP contribution < -0.4 is 38.5 Å². The first kappa shape index (κ1) is 35.4. The number of ketones is 1. The molecule has 246 valence electrons. The third-order valence-electron chi connectivity index (χ3n) is 7.32. The Morgan fingerprint density at radius 2 is 1.84 bits per heavy atom. The van der Waals surface area contributed by atoms with E-state index in [1.54, 1.807) is 6.07 Å². The number of thiazole rings is 1. The van der Waals surface area contributed by atoms with Gasteiger partial charge in [0.25, 0.3) is 0 Å². The van der Waals surface area contributed by atoms with Gasteiger partial charge in [0, 0.05) is 19.5 Å². The third kappa shape index (κ3) is 11.4. The van der Waals surface area contributed by atoms with Crippen LogP contribution in [0.4, 0.5) is 0 Å². The van der Waals surface area contributed by atoms with Crippen molar-refractivity contribution in [3.05, 3.63) is 29.3 Å². The fraction of sp³-hybridized carbons (Fsp3) is 0.567. The molecule has 1 aromatic carbocycles. The standard InChI is InChI=1S/C30H45N9O5S/c1-17(2)16-22-28(44)37-21(12-13-24(40)34-14-6-5-8-18(31)26(42)38-22)27(43)36-20(10-7-15-35-30(32)33)25(41)29-39-19-9-3-4-11-23(19)45-29/h3-4,9,11,17-18,20-22H,5-8,10,12-16,31H2,1-2H3,(H,34,40)(H,36,43)(H,37,44)(H,38,42)(H4,32,33,35)/t18-,20-,21?,22-/m0/s1. The zero-order valence-electron chi connectivity index (χ0n) is 25.8. The summed E-state index contributed by atoms with van der Waals surface area (Å²) in [5.41, 5.74) is 17.6. The number of rotatable bonds is 10. The molecule has 0 spiro atoms. The van der Waals surface area contributed by atoms with Crippen LogP contribution in [0, 0.1) is 5.92 Å². The van der Waals surface area contributed by atoms with Gasteiger partial charge in [-0.1, -0.05) is 26.0 Å². The number of carbonyl (C=O) groups is 5. The van der Waals surface area contributed by atoms with E-state index in [4.69, 9.17) is 17.2 Å². The number of amides is 4. The minimum atomic E-state index is -1.17. The second-order valence-corrected chi connectivity index (χ2v) is 12.6. The molecule has 2 heterocycles. The van der Waals surface area contributed by atoms with E-state index in [2.05, 4.69) is 31.2 Å². The molecule has 3 rings (SSSR count). The Morgan fingerprint density at radius 3 is 2.56 bits per heavy atom. The Hall–Kier alpha value is -4.11. The molecule has 1 saturated heterocycles. The zero-order valence-corrected chi connectivity index (χ0v) is 26.7. The second kappa shape index (κ2) is 17.4. The summed E-state index contributed by atoms with van der Waals surface area (Å²) in [5.74, 6) is -2.41. The first-order valence-electron chi connectivity index (χ1n) is 15.3. The summed E-state index contributed by atoms with van der Waals surface area (Å²) in [6.07, 6.45) is 2.46. The molecule has 4 amide bonds. The fourth-order valence-corrected chi connectivity index (χ4v) is 5.87. The van der Waals surface area contributed by atoms with E-state index in [0.717, 1.165) is 4.70 Å². The van der Waals surface area contributed by atoms with Gasteiger partial charge in [0.15, 0.2) is 11.0 Å². The van der Waals surface area contributed by atoms with Gasteiger partial charge in [-0.3, -0.25) is 29.0 Å². The normalized spacial score (nSPS) is 21.1. The number of guanidine groups is 1. The molecule has 4 atom stereocenters. The van der Waals surface area contributed by atoms with Crippen molar-refractivity contribution < 1.29 is 24.0 Å². The summed E-state index contributed by atoms with van der Waals surface area (Å²) < 4.78 is 0.824. The Bertz CT molecular complexity index is 1340. The van der Waals surface area contributed by atoms with Crippen LogP contribution in [-0.2, 0) is 19.2 Å². The number of hydrogen-bond acceptors (Lipinski definition) is 9. The monoisotopic (exact) mass is 643 g/mol. The molecule has 45 heavy (non-hydrogen) atoms. The zero-order chi connectivity index (χ0) is 32.9. The van der Waals surface area contributed by atoms with Crippen molar-refractivity contribution in [2.45, 2.75) is 89.4 Å². The summed E-state index contributed by atoms with van der Waals surface area (Å²) in [6.45, 7) is 4.44. The number of Topliss-reactive ketones (excluding diaryl/α,β-unsaturated/α-hetero) is 1. The van der Waals surface area contributed by atoms with Gasteiger partial charge < -0.3 is 38.5 Å². The van der Waals surface area contributed by atoms with Crippen LogP contribution >= 0.6 is 11.3 Å². The number of benzene rings is 1. The summed E-state index contributed by atoms with van der Waals surface area (Å²) in [4.78, 5) is 74.7. The molecule has 14 nitrogen and oxygen atoms in total. The van der Waals surface area contributed by atoms with Crippen molar-refractivity contribution >= 4 is 56.9 Å². The van der Waals surface area contributed by atoms with E-state index < -0.39 is 47.7 Å². The maximum absolute atomic E-state index is 13.7. The molecular formula is C30H45N9O5S. The van der Waals surface area contributed by atoms with Gasteiger partial charge in [0.2, 0.25) is 29.4 Å². The topological polar surface area (TPSA) is 237 Å². The van der Waals surface area contributed by atoms with E-state index in [1.807, 2.05) is 32.0 Å². The Balaban J connectivity index is 1.86. The van der Waals surface area contributed by atoms with Crippen molar-refractivity contribution in [2.75, 3.05) is 13.1 Å². The lowest BCUT2D eigenvalue weighted by Gasteiger charge is -2.26. The molecule has 1 aliphatic rings. The molecule has 15 heteroatoms. The molecule has 2 aromatic rings. The molecule has 1 fully saturated rings. The molecule has 0 aliphatic carbocycles. The highest BCUT2D eigenvalue weighted by Crippen LogP contribution is 2.23. The predicted molar refractivity (Wildman–Crippen MR) is 173 cm³/mol. The van der Waals surface area contributed by atoms with Crippen LogP contribution in [0.5, 0.6) is 0 Å². The predicted octanol–water partition coefficient (Wildman–Crippen LogP) is 0.441. The lowest BCUT2D eigenvalue weighted by Crippen LogP contribution is -2.57. The van der Waals surface area contributed by atoms with Crippen molar-refractivity contribution in [1.82, 2.24) is 26.3 Å². The van der Waals surface area contributed by atoms with Crippen LogP contribution in [0.25, 0.3) is 10.2 Å². The molecule has 1 aliphatic heterocycles. The fourth-order valence-electron chi connectivity index (χ4n) is 4.91. The molecule has 10 N–H and O–H groups in total. The average molecular weight is 644 g/mol. The SMILES string of the molecule is CC(C)C[C@@H]1NC(=O)[C@@H](N)CCCCNC(=O)CCC(C(=O)N[C@@H](CCCN=C(N)N)C(=O)c2nc3ccccc3s2)NC1=O. The first-order chi connectivity index (χ1) is 21.4. The van der Waals surface area contributed by atoms with Crippen molar-refractivity contribution in [3.63, 3.8) is 0 Å². The summed E-state index contributed by atoms with van der Waals surface area (Å²) in [6, 6.07) is 3.38. The molecule has 0 bridgehead atoms. The number of hydrogen-bond donors (Lipinski definition) is 7. The lowest BCUT2D eigenvalue weighted by molar-refractivity contribution is -0.133. The summed E-state index contributed by atoms with van der Waals surface area (Å²) in [5, 5.41) is 11.3. The second-order valence-electron chi connectivity index (χ2n) is 11.6. The van der Waals surface area contributed by atoms with E-state index in [1.165, 1.54) is 11.3 Å². The largest absolute Gasteiger partial charge is 0.370 e. The first-order valence-corrected chi connectivity index (χ1v) is 16.1. The van der Waals surface area contributed by atoms with Crippen LogP contribution in [0.1, 0.15) is 75.0 Å². The average Bonchev–Trinajstić information content (AvgIpc) is 3.43. The van der Waals surface area contributed by atoms with Crippen LogP contribution in [0.15, 0.2) is 29.3 Å². The van der Waals surface area contributed by atoms with Gasteiger partial charge in [-0.25, -0.2) is 4.98 Å². The van der Waals surface area contributed by atoms with Gasteiger partial charge in [-0.15, -0.1) is 11.3 Å². The van der Waals surface area contributed by atoms with E-state index in [0.29, 0.717) is 44.2 Å². The molecule has 1 aromatic heterocycles. The highest BCUT2D eigenvalue weighted by atomic mass is 32.1. The van der Waals surface area contributed by atoms with Crippen molar-refractivity contribution in [1.29, 1.82) is 0 Å². The van der Waals surface area contributed by atoms with Crippen LogP contribution in [0.3, 0.4) is 0 Å². The Kier molecular flexibility index (Phi) is 13.7. The van der Waals surface area contributed by atoms with E-state index in [-0.39, 0.29) is 48.6 Å². The van der Waals surface area contributed by atoms with Crippen LogP contribution in [0.2, 0.25) is 0 Å². The Labute approximate surface area is 266 Å². The van der Waals surface area contributed by atoms with Crippen molar-refractivity contribution in [3.8, 4) is 0 Å². The molecular weight excluding hydrogens is 598 g/mol. The highest BCUT2D eigenvalue weighted by Gasteiger charge is 2.32. The molecule has 0 saturated carbocycles. The summed E-state index contributed by atoms with van der Waals surface area (Å²) in [7, 11) is 0.